The van der Waals surface area contributed by atoms with Gasteiger partial charge in [-0.05, 0) is 13.0 Å². The zero-order valence-electron chi connectivity index (χ0n) is 14.5. The highest BCUT2D eigenvalue weighted by molar-refractivity contribution is 5.95. The average Bonchev–Trinajstić information content (AvgIpc) is 2.80. The summed E-state index contributed by atoms with van der Waals surface area (Å²) in [6.07, 6.45) is -4.64. The van der Waals surface area contributed by atoms with Gasteiger partial charge in [0.05, 0.1) is 22.9 Å². The van der Waals surface area contributed by atoms with Crippen molar-refractivity contribution in [2.45, 2.75) is 19.1 Å². The van der Waals surface area contributed by atoms with Crippen molar-refractivity contribution in [1.29, 1.82) is 5.26 Å². The van der Waals surface area contributed by atoms with Gasteiger partial charge in [-0.1, -0.05) is 18.2 Å². The Bertz CT molecular complexity index is 932. The van der Waals surface area contributed by atoms with E-state index in [-0.39, 0.29) is 16.9 Å². The highest BCUT2D eigenvalue weighted by atomic mass is 19.4. The Morgan fingerprint density at radius 3 is 2.70 bits per heavy atom. The lowest BCUT2D eigenvalue weighted by Crippen LogP contribution is -3.08. The third kappa shape index (κ3) is 3.39. The van der Waals surface area contributed by atoms with Gasteiger partial charge in [0.2, 0.25) is 0 Å². The number of nitriles is 1. The number of benzene rings is 1. The summed E-state index contributed by atoms with van der Waals surface area (Å²) in [4.78, 5) is 13.0. The van der Waals surface area contributed by atoms with Crippen LogP contribution in [0.25, 0.3) is 0 Å². The first kappa shape index (κ1) is 18.9. The molecule has 0 fully saturated rings. The number of hydrogen-bond acceptors (Lipinski definition) is 4. The number of fused-ring (bicyclic) bond motifs is 1. The van der Waals surface area contributed by atoms with E-state index in [9.17, 15) is 28.4 Å². The van der Waals surface area contributed by atoms with Crippen LogP contribution in [-0.2, 0) is 11.8 Å². The van der Waals surface area contributed by atoms with Crippen molar-refractivity contribution in [3.8, 4) is 6.07 Å². The fraction of sp³-hybridized carbons (Fsp3) is 0.353. The fourth-order valence-electron chi connectivity index (χ4n) is 3.47. The van der Waals surface area contributed by atoms with Gasteiger partial charge in [0, 0.05) is 12.6 Å². The van der Waals surface area contributed by atoms with Gasteiger partial charge in [0.15, 0.2) is 6.54 Å². The highest BCUT2D eigenvalue weighted by Crippen LogP contribution is 2.35. The molecule has 0 aliphatic carbocycles. The Morgan fingerprint density at radius 2 is 2.07 bits per heavy atom. The number of nitrogens with zero attached hydrogens (tertiary/aromatic N) is 4. The molecule has 3 rings (SSSR count). The smallest absolute Gasteiger partial charge is 0.406 e. The molecule has 0 bridgehead atoms. The van der Waals surface area contributed by atoms with Gasteiger partial charge in [-0.2, -0.15) is 23.5 Å². The van der Waals surface area contributed by atoms with Gasteiger partial charge < -0.3 is 10.3 Å². The van der Waals surface area contributed by atoms with Gasteiger partial charge in [-0.25, -0.2) is 0 Å². The lowest BCUT2D eigenvalue weighted by molar-refractivity contribution is -0.866. The molecular formula is C17H16F3N5O2. The number of anilines is 1. The van der Waals surface area contributed by atoms with Gasteiger partial charge in [-0.15, -0.1) is 0 Å². The SMILES string of the molecule is Cc1nn(C)c2c1C(c1ccccc1C#N)[NH+]([O-])CC(=O)N2CC(F)(F)F. The normalized spacial score (nSPS) is 20.2. The van der Waals surface area contributed by atoms with Crippen LogP contribution in [0.15, 0.2) is 24.3 Å². The number of carbonyl (C=O) groups is 1. The largest absolute Gasteiger partial charge is 0.633 e. The zero-order chi connectivity index (χ0) is 19.9. The molecule has 1 N–H and O–H groups in total. The molecule has 1 aliphatic rings. The van der Waals surface area contributed by atoms with Crippen molar-refractivity contribution in [3.63, 3.8) is 0 Å². The maximum Gasteiger partial charge on any atom is 0.406 e. The average molecular weight is 379 g/mol. The lowest BCUT2D eigenvalue weighted by Gasteiger charge is -2.29. The first-order chi connectivity index (χ1) is 12.6. The summed E-state index contributed by atoms with van der Waals surface area (Å²) in [7, 11) is 1.42. The van der Waals surface area contributed by atoms with E-state index < -0.39 is 36.3 Å². The number of rotatable bonds is 2. The van der Waals surface area contributed by atoms with E-state index >= 15 is 0 Å². The van der Waals surface area contributed by atoms with Crippen LogP contribution >= 0.6 is 0 Å². The number of aryl methyl sites for hydroxylation is 2. The molecule has 27 heavy (non-hydrogen) atoms. The summed E-state index contributed by atoms with van der Waals surface area (Å²) in [5.41, 5.74) is 1.13. The number of aromatic nitrogens is 2. The molecule has 0 radical (unpaired) electrons. The standard InChI is InChI=1S/C17H16F3N5O2/c1-10-14-15(12-6-4-3-5-11(12)7-21)25(27)8-13(26)24(9-17(18,19)20)16(14)23(2)22-10/h3-6,15,25H,8-9H2,1-2H3. The second-order valence-electron chi connectivity index (χ2n) is 6.32. The minimum atomic E-state index is -4.64. The first-order valence-corrected chi connectivity index (χ1v) is 8.06. The number of amides is 1. The topological polar surface area (TPSA) is 89.4 Å². The third-order valence-electron chi connectivity index (χ3n) is 4.46. The molecule has 0 saturated carbocycles. The van der Waals surface area contributed by atoms with Crippen molar-refractivity contribution < 1.29 is 23.0 Å². The van der Waals surface area contributed by atoms with Crippen LogP contribution in [0.1, 0.15) is 28.4 Å². The Kier molecular flexibility index (Phi) is 4.67. The van der Waals surface area contributed by atoms with E-state index in [1.807, 2.05) is 6.07 Å². The second kappa shape index (κ2) is 6.68. The third-order valence-corrected chi connectivity index (χ3v) is 4.46. The molecule has 7 nitrogen and oxygen atoms in total. The van der Waals surface area contributed by atoms with Crippen molar-refractivity contribution in [2.24, 2.45) is 7.05 Å². The Hall–Kier alpha value is -2.90. The van der Waals surface area contributed by atoms with E-state index in [0.717, 1.165) is 0 Å². The zero-order valence-corrected chi connectivity index (χ0v) is 14.5. The van der Waals surface area contributed by atoms with E-state index in [1.165, 1.54) is 17.8 Å². The van der Waals surface area contributed by atoms with Crippen LogP contribution in [0.3, 0.4) is 0 Å². The van der Waals surface area contributed by atoms with Crippen LogP contribution < -0.4 is 9.96 Å². The van der Waals surface area contributed by atoms with Crippen molar-refractivity contribution in [3.05, 3.63) is 51.9 Å². The number of halogens is 3. The van der Waals surface area contributed by atoms with Gasteiger partial charge in [0.25, 0.3) is 5.91 Å². The maximum absolute atomic E-state index is 13.1. The van der Waals surface area contributed by atoms with Crippen LogP contribution in [0, 0.1) is 23.5 Å². The monoisotopic (exact) mass is 379 g/mol. The van der Waals surface area contributed by atoms with E-state index in [2.05, 4.69) is 5.10 Å². The second-order valence-corrected chi connectivity index (χ2v) is 6.32. The van der Waals surface area contributed by atoms with Crippen molar-refractivity contribution >= 4 is 11.7 Å². The predicted octanol–water partition coefficient (Wildman–Crippen LogP) is 0.981. The summed E-state index contributed by atoms with van der Waals surface area (Å²) >= 11 is 0. The van der Waals surface area contributed by atoms with Gasteiger partial charge in [-0.3, -0.25) is 14.4 Å². The molecule has 1 aromatic heterocycles. The molecule has 10 heteroatoms. The summed E-state index contributed by atoms with van der Waals surface area (Å²) in [6, 6.07) is 7.31. The molecule has 2 aromatic rings. The quantitative estimate of drug-likeness (QED) is 0.788. The number of hydroxylamine groups is 2. The fourth-order valence-corrected chi connectivity index (χ4v) is 3.47. The number of carbonyl (C=O) groups excluding carboxylic acids is 1. The lowest BCUT2D eigenvalue weighted by atomic mass is 9.94. The summed E-state index contributed by atoms with van der Waals surface area (Å²) < 4.78 is 40.4. The van der Waals surface area contributed by atoms with E-state index in [4.69, 9.17) is 0 Å². The molecule has 0 saturated heterocycles. The molecule has 1 amide bonds. The number of quaternary nitrogens is 1. The van der Waals surface area contributed by atoms with Gasteiger partial charge >= 0.3 is 6.18 Å². The summed E-state index contributed by atoms with van der Waals surface area (Å²) in [6.45, 7) is -0.637. The van der Waals surface area contributed by atoms with E-state index in [1.54, 1.807) is 25.1 Å². The minimum absolute atomic E-state index is 0.0709. The summed E-state index contributed by atoms with van der Waals surface area (Å²) in [5.74, 6) is -1.02. The Morgan fingerprint density at radius 1 is 1.41 bits per heavy atom. The molecular weight excluding hydrogens is 363 g/mol. The Balaban J connectivity index is 2.26. The van der Waals surface area contributed by atoms with Gasteiger partial charge in [0.1, 0.15) is 18.4 Å². The van der Waals surface area contributed by atoms with E-state index in [0.29, 0.717) is 16.2 Å². The van der Waals surface area contributed by atoms with Crippen molar-refractivity contribution in [2.75, 3.05) is 18.0 Å². The highest BCUT2D eigenvalue weighted by Gasteiger charge is 2.43. The van der Waals surface area contributed by atoms with Crippen LogP contribution in [0.4, 0.5) is 19.0 Å². The molecule has 2 atom stereocenters. The summed E-state index contributed by atoms with van der Waals surface area (Å²) in [5, 5.41) is 25.8. The molecule has 1 aliphatic heterocycles. The van der Waals surface area contributed by atoms with Crippen LogP contribution in [0.5, 0.6) is 0 Å². The number of alkyl halides is 3. The maximum atomic E-state index is 13.1. The molecule has 2 unspecified atom stereocenters. The molecule has 1 aromatic carbocycles. The molecule has 142 valence electrons. The predicted molar refractivity (Wildman–Crippen MR) is 88.5 cm³/mol. The van der Waals surface area contributed by atoms with Crippen LogP contribution in [0.2, 0.25) is 0 Å². The minimum Gasteiger partial charge on any atom is -0.633 e. The molecule has 0 spiro atoms. The Labute approximate surface area is 152 Å². The first-order valence-electron chi connectivity index (χ1n) is 8.06. The number of hydrogen-bond donors (Lipinski definition) is 1. The number of nitrogens with one attached hydrogen (secondary N) is 1. The van der Waals surface area contributed by atoms with Crippen LogP contribution in [-0.4, -0.2) is 35.0 Å². The van der Waals surface area contributed by atoms with Crippen molar-refractivity contribution in [1.82, 2.24) is 9.78 Å². The molecule has 2 heterocycles.